The summed E-state index contributed by atoms with van der Waals surface area (Å²) in [6.07, 6.45) is 2.50. The van der Waals surface area contributed by atoms with Gasteiger partial charge in [-0.2, -0.15) is 0 Å². The van der Waals surface area contributed by atoms with Gasteiger partial charge in [0.05, 0.1) is 12.5 Å². The van der Waals surface area contributed by atoms with Crippen molar-refractivity contribution >= 4 is 11.8 Å². The van der Waals surface area contributed by atoms with Gasteiger partial charge in [0.25, 0.3) is 0 Å². The number of carboxylic acid groups (broad SMARTS) is 1. The molecule has 2 N–H and O–H groups in total. The summed E-state index contributed by atoms with van der Waals surface area (Å²) in [4.78, 5) is 19.2. The summed E-state index contributed by atoms with van der Waals surface area (Å²) >= 11 is 0. The minimum atomic E-state index is -0.791. The van der Waals surface area contributed by atoms with Gasteiger partial charge in [0.2, 0.25) is 5.88 Å². The van der Waals surface area contributed by atoms with E-state index in [0.717, 1.165) is 0 Å². The Balaban J connectivity index is 2.75. The smallest absolute Gasteiger partial charge is 0.311 e. The van der Waals surface area contributed by atoms with Gasteiger partial charge in [-0.15, -0.1) is 0 Å². The third kappa shape index (κ3) is 3.09. The summed E-state index contributed by atoms with van der Waals surface area (Å²) < 4.78 is 4.98. The first-order valence-electron chi connectivity index (χ1n) is 5.91. The molecule has 0 aliphatic rings. The third-order valence-corrected chi connectivity index (χ3v) is 3.27. The standard InChI is InChI=1S/C12H19N3O3/c1-4-12(5-2,11(16)17)7-13-9-6-10(18-3)15-8-14-9/h6,8H,4-5,7H2,1-3H3,(H,16,17)(H,13,14,15). The van der Waals surface area contributed by atoms with E-state index in [1.54, 1.807) is 6.07 Å². The number of aliphatic carboxylic acids is 1. The Morgan fingerprint density at radius 2 is 2.11 bits per heavy atom. The number of nitrogens with zero attached hydrogens (tertiary/aromatic N) is 2. The Hall–Kier alpha value is -1.85. The van der Waals surface area contributed by atoms with Crippen LogP contribution in [-0.4, -0.2) is 34.7 Å². The number of rotatable bonds is 7. The molecule has 0 aromatic carbocycles. The van der Waals surface area contributed by atoms with Gasteiger partial charge in [-0.1, -0.05) is 13.8 Å². The first-order valence-corrected chi connectivity index (χ1v) is 5.91. The molecule has 1 rings (SSSR count). The van der Waals surface area contributed by atoms with Gasteiger partial charge in [0, 0.05) is 12.6 Å². The molecule has 0 radical (unpaired) electrons. The molecular weight excluding hydrogens is 234 g/mol. The van der Waals surface area contributed by atoms with Crippen molar-refractivity contribution in [3.8, 4) is 5.88 Å². The van der Waals surface area contributed by atoms with E-state index in [2.05, 4.69) is 15.3 Å². The minimum Gasteiger partial charge on any atom is -0.481 e. The Kier molecular flexibility index (Phi) is 4.88. The van der Waals surface area contributed by atoms with Gasteiger partial charge in [0.15, 0.2) is 0 Å². The predicted molar refractivity (Wildman–Crippen MR) is 67.7 cm³/mol. The molecule has 6 heteroatoms. The molecule has 0 saturated carbocycles. The summed E-state index contributed by atoms with van der Waals surface area (Å²) in [7, 11) is 1.52. The molecule has 0 aliphatic carbocycles. The molecule has 0 spiro atoms. The fourth-order valence-corrected chi connectivity index (χ4v) is 1.69. The molecule has 0 saturated heterocycles. The molecule has 100 valence electrons. The highest BCUT2D eigenvalue weighted by Crippen LogP contribution is 2.27. The van der Waals surface area contributed by atoms with Crippen molar-refractivity contribution in [1.29, 1.82) is 0 Å². The minimum absolute atomic E-state index is 0.329. The van der Waals surface area contributed by atoms with Crippen LogP contribution in [0.15, 0.2) is 12.4 Å². The lowest BCUT2D eigenvalue weighted by Crippen LogP contribution is -2.37. The van der Waals surface area contributed by atoms with Crippen LogP contribution in [-0.2, 0) is 4.79 Å². The van der Waals surface area contributed by atoms with Crippen molar-refractivity contribution in [2.75, 3.05) is 19.0 Å². The van der Waals surface area contributed by atoms with E-state index in [-0.39, 0.29) is 0 Å². The van der Waals surface area contributed by atoms with Crippen LogP contribution in [0, 0.1) is 5.41 Å². The lowest BCUT2D eigenvalue weighted by atomic mass is 9.82. The van der Waals surface area contributed by atoms with Crippen molar-refractivity contribution < 1.29 is 14.6 Å². The zero-order valence-electron chi connectivity index (χ0n) is 10.9. The topological polar surface area (TPSA) is 84.3 Å². The van der Waals surface area contributed by atoms with Crippen LogP contribution in [0.25, 0.3) is 0 Å². The van der Waals surface area contributed by atoms with Crippen molar-refractivity contribution in [3.05, 3.63) is 12.4 Å². The zero-order chi connectivity index (χ0) is 13.6. The molecule has 0 atom stereocenters. The zero-order valence-corrected chi connectivity index (χ0v) is 10.9. The number of hydrogen-bond acceptors (Lipinski definition) is 5. The highest BCUT2D eigenvalue weighted by atomic mass is 16.5. The number of aromatic nitrogens is 2. The van der Waals surface area contributed by atoms with Crippen LogP contribution in [0.5, 0.6) is 5.88 Å². The molecular formula is C12H19N3O3. The van der Waals surface area contributed by atoms with Crippen LogP contribution >= 0.6 is 0 Å². The maximum absolute atomic E-state index is 11.3. The number of methoxy groups -OCH3 is 1. The largest absolute Gasteiger partial charge is 0.481 e. The first kappa shape index (κ1) is 14.2. The molecule has 1 aromatic rings. The van der Waals surface area contributed by atoms with Crippen molar-refractivity contribution in [3.63, 3.8) is 0 Å². The van der Waals surface area contributed by atoms with Gasteiger partial charge in [-0.25, -0.2) is 9.97 Å². The van der Waals surface area contributed by atoms with Crippen LogP contribution in [0.2, 0.25) is 0 Å². The molecule has 18 heavy (non-hydrogen) atoms. The summed E-state index contributed by atoms with van der Waals surface area (Å²) in [5.74, 6) is 0.219. The molecule has 0 fully saturated rings. The molecule has 6 nitrogen and oxygen atoms in total. The van der Waals surface area contributed by atoms with E-state index in [4.69, 9.17) is 4.74 Å². The van der Waals surface area contributed by atoms with Gasteiger partial charge >= 0.3 is 5.97 Å². The van der Waals surface area contributed by atoms with E-state index in [0.29, 0.717) is 31.1 Å². The van der Waals surface area contributed by atoms with Crippen LogP contribution < -0.4 is 10.1 Å². The molecule has 0 amide bonds. The Morgan fingerprint density at radius 1 is 1.44 bits per heavy atom. The molecule has 1 aromatic heterocycles. The lowest BCUT2D eigenvalue weighted by Gasteiger charge is -2.27. The predicted octanol–water partition coefficient (Wildman–Crippen LogP) is 1.79. The maximum Gasteiger partial charge on any atom is 0.311 e. The third-order valence-electron chi connectivity index (χ3n) is 3.27. The molecule has 1 heterocycles. The number of ether oxygens (including phenoxy) is 1. The second kappa shape index (κ2) is 6.18. The molecule has 0 bridgehead atoms. The Bertz CT molecular complexity index is 405. The highest BCUT2D eigenvalue weighted by Gasteiger charge is 2.34. The summed E-state index contributed by atoms with van der Waals surface area (Å²) in [6, 6.07) is 1.64. The van der Waals surface area contributed by atoms with Gasteiger partial charge in [-0.05, 0) is 12.8 Å². The summed E-state index contributed by atoms with van der Waals surface area (Å²) in [5.41, 5.74) is -0.766. The fourth-order valence-electron chi connectivity index (χ4n) is 1.69. The average molecular weight is 253 g/mol. The van der Waals surface area contributed by atoms with E-state index in [1.165, 1.54) is 13.4 Å². The summed E-state index contributed by atoms with van der Waals surface area (Å²) in [5, 5.41) is 12.3. The fraction of sp³-hybridized carbons (Fsp3) is 0.583. The van der Waals surface area contributed by atoms with Crippen molar-refractivity contribution in [2.24, 2.45) is 5.41 Å². The maximum atomic E-state index is 11.3. The van der Waals surface area contributed by atoms with Gasteiger partial charge in [-0.3, -0.25) is 4.79 Å². The van der Waals surface area contributed by atoms with E-state index in [1.807, 2.05) is 13.8 Å². The summed E-state index contributed by atoms with van der Waals surface area (Å²) in [6.45, 7) is 4.08. The Labute approximate surface area is 106 Å². The number of anilines is 1. The molecule has 0 aliphatic heterocycles. The molecule has 0 unspecified atom stereocenters. The average Bonchev–Trinajstić information content (AvgIpc) is 2.40. The SMILES string of the molecule is CCC(CC)(CNc1cc(OC)ncn1)C(=O)O. The second-order valence-corrected chi connectivity index (χ2v) is 4.09. The monoisotopic (exact) mass is 253 g/mol. The van der Waals surface area contributed by atoms with E-state index in [9.17, 15) is 9.90 Å². The van der Waals surface area contributed by atoms with Gasteiger partial charge in [0.1, 0.15) is 12.1 Å². The Morgan fingerprint density at radius 3 is 2.61 bits per heavy atom. The number of carbonyl (C=O) groups is 1. The lowest BCUT2D eigenvalue weighted by molar-refractivity contribution is -0.148. The van der Waals surface area contributed by atoms with Crippen LogP contribution in [0.1, 0.15) is 26.7 Å². The van der Waals surface area contributed by atoms with Crippen molar-refractivity contribution in [2.45, 2.75) is 26.7 Å². The second-order valence-electron chi connectivity index (χ2n) is 4.09. The quantitative estimate of drug-likeness (QED) is 0.770. The highest BCUT2D eigenvalue weighted by molar-refractivity contribution is 5.75. The van der Waals surface area contributed by atoms with Crippen molar-refractivity contribution in [1.82, 2.24) is 9.97 Å². The van der Waals surface area contributed by atoms with Crippen LogP contribution in [0.4, 0.5) is 5.82 Å². The van der Waals surface area contributed by atoms with Gasteiger partial charge < -0.3 is 15.2 Å². The first-order chi connectivity index (χ1) is 8.57. The van der Waals surface area contributed by atoms with E-state index < -0.39 is 11.4 Å². The van der Waals surface area contributed by atoms with E-state index >= 15 is 0 Å². The normalized spacial score (nSPS) is 11.1. The number of hydrogen-bond donors (Lipinski definition) is 2. The van der Waals surface area contributed by atoms with Crippen LogP contribution in [0.3, 0.4) is 0 Å². The number of nitrogens with one attached hydrogen (secondary N) is 1. The number of carboxylic acids is 1.